The van der Waals surface area contributed by atoms with Crippen molar-refractivity contribution in [3.8, 4) is 17.6 Å². The fourth-order valence-electron chi connectivity index (χ4n) is 2.40. The van der Waals surface area contributed by atoms with Crippen molar-refractivity contribution in [1.29, 1.82) is 5.26 Å². The molecule has 0 aliphatic rings. The Bertz CT molecular complexity index is 895. The van der Waals surface area contributed by atoms with E-state index in [-0.39, 0.29) is 5.57 Å². The number of rotatable bonds is 8. The predicted molar refractivity (Wildman–Crippen MR) is 105 cm³/mol. The summed E-state index contributed by atoms with van der Waals surface area (Å²) >= 11 is 0. The monoisotopic (exact) mass is 362 g/mol. The summed E-state index contributed by atoms with van der Waals surface area (Å²) in [4.78, 5) is 11.9. The Morgan fingerprint density at radius 3 is 2.70 bits per heavy atom. The van der Waals surface area contributed by atoms with Crippen molar-refractivity contribution in [2.24, 2.45) is 0 Å². The molecule has 27 heavy (non-hydrogen) atoms. The van der Waals surface area contributed by atoms with E-state index in [2.05, 4.69) is 11.9 Å². The van der Waals surface area contributed by atoms with Crippen LogP contribution in [0.25, 0.3) is 6.08 Å². The van der Waals surface area contributed by atoms with Crippen LogP contribution in [-0.4, -0.2) is 19.6 Å². The van der Waals surface area contributed by atoms with Crippen LogP contribution in [0.3, 0.4) is 0 Å². The third kappa shape index (κ3) is 5.48. The van der Waals surface area contributed by atoms with Gasteiger partial charge in [0.25, 0.3) is 5.91 Å². The molecule has 0 radical (unpaired) electrons. The average Bonchev–Trinajstić information content (AvgIpc) is 2.69. The van der Waals surface area contributed by atoms with Crippen molar-refractivity contribution in [1.82, 2.24) is 5.32 Å². The number of benzene rings is 2. The summed E-state index contributed by atoms with van der Waals surface area (Å²) in [6, 6.07) is 15.2. The third-order valence-corrected chi connectivity index (χ3v) is 3.92. The predicted octanol–water partition coefficient (Wildman–Crippen LogP) is 3.79. The highest BCUT2D eigenvalue weighted by molar-refractivity contribution is 6.01. The van der Waals surface area contributed by atoms with Gasteiger partial charge in [0.05, 0.1) is 7.11 Å². The van der Waals surface area contributed by atoms with E-state index in [0.29, 0.717) is 30.2 Å². The molecular formula is C22H22N2O3. The highest BCUT2D eigenvalue weighted by atomic mass is 16.5. The number of nitrogens with zero attached hydrogens (tertiary/aromatic N) is 1. The number of carbonyl (C=O) groups is 1. The Kier molecular flexibility index (Phi) is 7.21. The van der Waals surface area contributed by atoms with E-state index < -0.39 is 5.91 Å². The van der Waals surface area contributed by atoms with Gasteiger partial charge in [-0.3, -0.25) is 4.79 Å². The number of hydrogen-bond acceptors (Lipinski definition) is 4. The van der Waals surface area contributed by atoms with E-state index in [1.807, 2.05) is 37.3 Å². The molecule has 0 saturated heterocycles. The van der Waals surface area contributed by atoms with Crippen LogP contribution in [0.15, 0.2) is 60.7 Å². The van der Waals surface area contributed by atoms with E-state index in [4.69, 9.17) is 9.47 Å². The van der Waals surface area contributed by atoms with Gasteiger partial charge in [-0.05, 0) is 41.8 Å². The van der Waals surface area contributed by atoms with Gasteiger partial charge in [-0.25, -0.2) is 0 Å². The zero-order chi connectivity index (χ0) is 19.6. The molecule has 5 heteroatoms. The maximum Gasteiger partial charge on any atom is 0.262 e. The number of amides is 1. The summed E-state index contributed by atoms with van der Waals surface area (Å²) in [7, 11) is 1.55. The summed E-state index contributed by atoms with van der Waals surface area (Å²) < 4.78 is 11.3. The van der Waals surface area contributed by atoms with Crippen LogP contribution in [0.4, 0.5) is 0 Å². The second kappa shape index (κ2) is 9.83. The lowest BCUT2D eigenvalue weighted by Gasteiger charge is -2.12. The number of nitrogens with one attached hydrogen (secondary N) is 1. The Hall–Kier alpha value is -3.52. The number of carbonyl (C=O) groups excluding carboxylic acids is 1. The van der Waals surface area contributed by atoms with E-state index >= 15 is 0 Å². The van der Waals surface area contributed by atoms with Gasteiger partial charge in [-0.1, -0.05) is 36.4 Å². The fraction of sp³-hybridized carbons (Fsp3) is 0.182. The largest absolute Gasteiger partial charge is 0.493 e. The molecule has 0 spiro atoms. The molecule has 0 aromatic heterocycles. The molecule has 0 bridgehead atoms. The average molecular weight is 362 g/mol. The van der Waals surface area contributed by atoms with Gasteiger partial charge in [-0.2, -0.15) is 5.26 Å². The lowest BCUT2D eigenvalue weighted by atomic mass is 10.1. The summed E-state index contributed by atoms with van der Waals surface area (Å²) in [5.74, 6) is 0.671. The molecule has 5 nitrogen and oxygen atoms in total. The van der Waals surface area contributed by atoms with Crippen LogP contribution in [0.2, 0.25) is 0 Å². The summed E-state index contributed by atoms with van der Waals surface area (Å²) in [6.45, 7) is 6.28. The van der Waals surface area contributed by atoms with E-state index in [0.717, 1.165) is 11.1 Å². The standard InChI is InChI=1S/C22H22N2O3/c1-4-11-24-22(25)19(14-23)12-17-9-10-20(21(13-17)26-3)27-15-18-8-6-5-7-16(18)2/h4-10,12-13H,1,11,15H2,2-3H3,(H,24,25)/b19-12-. The highest BCUT2D eigenvalue weighted by Gasteiger charge is 2.10. The zero-order valence-corrected chi connectivity index (χ0v) is 15.5. The quantitative estimate of drug-likeness (QED) is 0.441. The second-order valence-corrected chi connectivity index (χ2v) is 5.79. The smallest absolute Gasteiger partial charge is 0.262 e. The van der Waals surface area contributed by atoms with Crippen LogP contribution in [-0.2, 0) is 11.4 Å². The van der Waals surface area contributed by atoms with Gasteiger partial charge >= 0.3 is 0 Å². The minimum absolute atomic E-state index is 0.00693. The van der Waals surface area contributed by atoms with Crippen molar-refractivity contribution in [2.75, 3.05) is 13.7 Å². The molecule has 0 aliphatic heterocycles. The van der Waals surface area contributed by atoms with Crippen molar-refractivity contribution < 1.29 is 14.3 Å². The molecule has 0 unspecified atom stereocenters. The molecule has 2 aromatic carbocycles. The van der Waals surface area contributed by atoms with Gasteiger partial charge < -0.3 is 14.8 Å². The molecule has 0 atom stereocenters. The topological polar surface area (TPSA) is 71.4 Å². The van der Waals surface area contributed by atoms with E-state index in [1.165, 1.54) is 6.08 Å². The third-order valence-electron chi connectivity index (χ3n) is 3.92. The van der Waals surface area contributed by atoms with E-state index in [1.54, 1.807) is 31.4 Å². The molecule has 1 N–H and O–H groups in total. The van der Waals surface area contributed by atoms with Crippen LogP contribution in [0, 0.1) is 18.3 Å². The number of ether oxygens (including phenoxy) is 2. The van der Waals surface area contributed by atoms with Crippen molar-refractivity contribution in [3.05, 3.63) is 77.4 Å². The maximum atomic E-state index is 11.9. The highest BCUT2D eigenvalue weighted by Crippen LogP contribution is 2.30. The molecule has 0 aliphatic carbocycles. The number of methoxy groups -OCH3 is 1. The molecular weight excluding hydrogens is 340 g/mol. The minimum atomic E-state index is -0.448. The minimum Gasteiger partial charge on any atom is -0.493 e. The number of aryl methyl sites for hydroxylation is 1. The molecule has 2 rings (SSSR count). The lowest BCUT2D eigenvalue weighted by Crippen LogP contribution is -2.24. The van der Waals surface area contributed by atoms with Gasteiger partial charge in [-0.15, -0.1) is 6.58 Å². The number of hydrogen-bond donors (Lipinski definition) is 1. The Morgan fingerprint density at radius 2 is 2.04 bits per heavy atom. The van der Waals surface area contributed by atoms with Gasteiger partial charge in [0.2, 0.25) is 0 Å². The summed E-state index contributed by atoms with van der Waals surface area (Å²) in [5.41, 5.74) is 2.92. The molecule has 0 fully saturated rings. The fourth-order valence-corrected chi connectivity index (χ4v) is 2.40. The maximum absolute atomic E-state index is 11.9. The van der Waals surface area contributed by atoms with Crippen molar-refractivity contribution in [2.45, 2.75) is 13.5 Å². The summed E-state index contributed by atoms with van der Waals surface area (Å²) in [6.07, 6.45) is 3.06. The van der Waals surface area contributed by atoms with Crippen molar-refractivity contribution in [3.63, 3.8) is 0 Å². The Labute approximate surface area is 159 Å². The molecule has 2 aromatic rings. The first-order chi connectivity index (χ1) is 13.1. The van der Waals surface area contributed by atoms with Gasteiger partial charge in [0.15, 0.2) is 11.5 Å². The van der Waals surface area contributed by atoms with Crippen LogP contribution < -0.4 is 14.8 Å². The van der Waals surface area contributed by atoms with Crippen LogP contribution in [0.5, 0.6) is 11.5 Å². The van der Waals surface area contributed by atoms with Gasteiger partial charge in [0, 0.05) is 6.54 Å². The Balaban J connectivity index is 2.18. The first kappa shape index (κ1) is 19.8. The molecule has 0 heterocycles. The van der Waals surface area contributed by atoms with E-state index in [9.17, 15) is 10.1 Å². The molecule has 1 amide bonds. The van der Waals surface area contributed by atoms with Crippen LogP contribution in [0.1, 0.15) is 16.7 Å². The normalized spacial score (nSPS) is 10.6. The SMILES string of the molecule is C=CCNC(=O)/C(C#N)=C\c1ccc(OCc2ccccc2C)c(OC)c1. The zero-order valence-electron chi connectivity index (χ0n) is 15.5. The lowest BCUT2D eigenvalue weighted by molar-refractivity contribution is -0.116. The first-order valence-electron chi connectivity index (χ1n) is 8.45. The molecule has 138 valence electrons. The van der Waals surface area contributed by atoms with Gasteiger partial charge in [0.1, 0.15) is 18.2 Å². The summed E-state index contributed by atoms with van der Waals surface area (Å²) in [5, 5.41) is 11.8. The molecule has 0 saturated carbocycles. The first-order valence-corrected chi connectivity index (χ1v) is 8.45. The Morgan fingerprint density at radius 1 is 1.26 bits per heavy atom. The van der Waals surface area contributed by atoms with Crippen LogP contribution >= 0.6 is 0 Å². The number of nitriles is 1. The second-order valence-electron chi connectivity index (χ2n) is 5.79. The van der Waals surface area contributed by atoms with Crippen molar-refractivity contribution >= 4 is 12.0 Å².